The summed E-state index contributed by atoms with van der Waals surface area (Å²) in [5, 5.41) is 3.26. The van der Waals surface area contributed by atoms with Crippen LogP contribution >= 0.6 is 0 Å². The number of nitrogens with one attached hydrogen (secondary N) is 1. The minimum Gasteiger partial charge on any atom is -0.371 e. The number of piperidine rings is 1. The fraction of sp³-hybridized carbons (Fsp3) is 0.455. The van der Waals surface area contributed by atoms with Gasteiger partial charge in [-0.25, -0.2) is 4.79 Å². The molecule has 2 aromatic rings. The number of benzene rings is 1. The Morgan fingerprint density at radius 1 is 0.929 bits per heavy atom. The van der Waals surface area contributed by atoms with E-state index in [4.69, 9.17) is 0 Å². The minimum absolute atomic E-state index is 0.0865. The van der Waals surface area contributed by atoms with E-state index >= 15 is 0 Å². The summed E-state index contributed by atoms with van der Waals surface area (Å²) in [5.74, 6) is 0. The van der Waals surface area contributed by atoms with Crippen molar-refractivity contribution < 1.29 is 4.79 Å². The molecule has 6 nitrogen and oxygen atoms in total. The number of piperazine rings is 1. The third kappa shape index (κ3) is 4.38. The molecule has 2 saturated heterocycles. The number of aryl methyl sites for hydroxylation is 1. The Balaban J connectivity index is 1.23. The molecule has 148 valence electrons. The summed E-state index contributed by atoms with van der Waals surface area (Å²) in [6, 6.07) is 13.1. The Kier molecular flexibility index (Phi) is 5.65. The fourth-order valence-corrected chi connectivity index (χ4v) is 4.10. The van der Waals surface area contributed by atoms with Gasteiger partial charge in [-0.15, -0.1) is 0 Å². The van der Waals surface area contributed by atoms with Crippen molar-refractivity contribution in [1.29, 1.82) is 0 Å². The smallest absolute Gasteiger partial charge is 0.317 e. The SMILES string of the molecule is Cc1cccc(N2CCC(NC(=O)N3CCN(c4ccncc4)CC3)CC2)c1. The van der Waals surface area contributed by atoms with Crippen LogP contribution in [-0.2, 0) is 0 Å². The van der Waals surface area contributed by atoms with Crippen molar-refractivity contribution in [3.63, 3.8) is 0 Å². The van der Waals surface area contributed by atoms with Gasteiger partial charge >= 0.3 is 6.03 Å². The molecule has 0 radical (unpaired) electrons. The average Bonchev–Trinajstić information content (AvgIpc) is 2.75. The van der Waals surface area contributed by atoms with E-state index in [1.165, 1.54) is 16.9 Å². The van der Waals surface area contributed by atoms with Gasteiger partial charge < -0.3 is 20.0 Å². The van der Waals surface area contributed by atoms with Gasteiger partial charge in [0.2, 0.25) is 0 Å². The summed E-state index contributed by atoms with van der Waals surface area (Å²) in [4.78, 5) is 23.4. The molecule has 1 aromatic heterocycles. The number of pyridine rings is 1. The summed E-state index contributed by atoms with van der Waals surface area (Å²) < 4.78 is 0. The van der Waals surface area contributed by atoms with Gasteiger partial charge in [-0.1, -0.05) is 12.1 Å². The first-order chi connectivity index (χ1) is 13.7. The molecule has 6 heteroatoms. The first kappa shape index (κ1) is 18.6. The molecular formula is C22H29N5O. The molecule has 0 aliphatic carbocycles. The van der Waals surface area contributed by atoms with E-state index < -0.39 is 0 Å². The molecule has 2 aliphatic rings. The van der Waals surface area contributed by atoms with E-state index in [1.54, 1.807) is 0 Å². The Hall–Kier alpha value is -2.76. The highest BCUT2D eigenvalue weighted by Gasteiger charge is 2.25. The number of rotatable bonds is 3. The van der Waals surface area contributed by atoms with Gasteiger partial charge in [0.1, 0.15) is 0 Å². The molecule has 3 heterocycles. The maximum absolute atomic E-state index is 12.7. The van der Waals surface area contributed by atoms with Crippen LogP contribution in [0.2, 0.25) is 0 Å². The number of nitrogens with zero attached hydrogens (tertiary/aromatic N) is 4. The maximum Gasteiger partial charge on any atom is 0.317 e. The molecule has 0 atom stereocenters. The third-order valence-corrected chi connectivity index (χ3v) is 5.78. The standard InChI is InChI=1S/C22H29N5O/c1-18-3-2-4-21(17-18)25-11-7-19(8-12-25)24-22(28)27-15-13-26(14-16-27)20-5-9-23-10-6-20/h2-6,9-10,17,19H,7-8,11-16H2,1H3,(H,24,28). The molecule has 28 heavy (non-hydrogen) atoms. The topological polar surface area (TPSA) is 51.7 Å². The quantitative estimate of drug-likeness (QED) is 0.891. The molecule has 1 aromatic carbocycles. The lowest BCUT2D eigenvalue weighted by Crippen LogP contribution is -2.55. The molecule has 4 rings (SSSR count). The van der Waals surface area contributed by atoms with Crippen LogP contribution in [0.5, 0.6) is 0 Å². The lowest BCUT2D eigenvalue weighted by Gasteiger charge is -2.38. The predicted molar refractivity (Wildman–Crippen MR) is 113 cm³/mol. The van der Waals surface area contributed by atoms with E-state index in [-0.39, 0.29) is 12.1 Å². The van der Waals surface area contributed by atoms with Crippen LogP contribution in [-0.4, -0.2) is 61.2 Å². The Morgan fingerprint density at radius 3 is 2.29 bits per heavy atom. The zero-order valence-corrected chi connectivity index (χ0v) is 16.6. The van der Waals surface area contributed by atoms with Crippen LogP contribution in [0.1, 0.15) is 18.4 Å². The van der Waals surface area contributed by atoms with Crippen LogP contribution in [0.25, 0.3) is 0 Å². The molecule has 0 bridgehead atoms. The molecule has 0 spiro atoms. The number of hydrogen-bond donors (Lipinski definition) is 1. The highest BCUT2D eigenvalue weighted by atomic mass is 16.2. The van der Waals surface area contributed by atoms with Crippen molar-refractivity contribution in [2.45, 2.75) is 25.8 Å². The minimum atomic E-state index is 0.0865. The number of anilines is 2. The van der Waals surface area contributed by atoms with E-state index in [1.807, 2.05) is 29.4 Å². The van der Waals surface area contributed by atoms with Gasteiger partial charge in [-0.05, 0) is 49.6 Å². The van der Waals surface area contributed by atoms with Crippen LogP contribution < -0.4 is 15.1 Å². The summed E-state index contributed by atoms with van der Waals surface area (Å²) in [7, 11) is 0. The van der Waals surface area contributed by atoms with Gasteiger partial charge in [0.25, 0.3) is 0 Å². The van der Waals surface area contributed by atoms with Crippen molar-refractivity contribution in [3.05, 3.63) is 54.4 Å². The Bertz CT molecular complexity index is 781. The first-order valence-corrected chi connectivity index (χ1v) is 10.2. The summed E-state index contributed by atoms with van der Waals surface area (Å²) in [6.07, 6.45) is 5.63. The van der Waals surface area contributed by atoms with Crippen LogP contribution in [0.4, 0.5) is 16.2 Å². The second-order valence-electron chi connectivity index (χ2n) is 7.73. The molecule has 2 aliphatic heterocycles. The number of urea groups is 1. The van der Waals surface area contributed by atoms with Crippen molar-refractivity contribution >= 4 is 17.4 Å². The van der Waals surface area contributed by atoms with E-state index in [9.17, 15) is 4.79 Å². The largest absolute Gasteiger partial charge is 0.371 e. The molecular weight excluding hydrogens is 350 g/mol. The number of aromatic nitrogens is 1. The van der Waals surface area contributed by atoms with Crippen LogP contribution in [0, 0.1) is 6.92 Å². The number of hydrogen-bond acceptors (Lipinski definition) is 4. The number of carbonyl (C=O) groups excluding carboxylic acids is 1. The molecule has 2 amide bonds. The van der Waals surface area contributed by atoms with Gasteiger partial charge in [0, 0.05) is 69.1 Å². The fourth-order valence-electron chi connectivity index (χ4n) is 4.10. The van der Waals surface area contributed by atoms with E-state index in [2.05, 4.69) is 51.3 Å². The zero-order valence-electron chi connectivity index (χ0n) is 16.6. The van der Waals surface area contributed by atoms with Gasteiger partial charge in [0.15, 0.2) is 0 Å². The molecule has 2 fully saturated rings. The zero-order chi connectivity index (χ0) is 19.3. The summed E-state index contributed by atoms with van der Waals surface area (Å²) in [5.41, 5.74) is 3.76. The summed E-state index contributed by atoms with van der Waals surface area (Å²) in [6.45, 7) is 7.36. The van der Waals surface area contributed by atoms with E-state index in [0.717, 1.165) is 52.1 Å². The number of amides is 2. The lowest BCUT2D eigenvalue weighted by molar-refractivity contribution is 0.188. The lowest BCUT2D eigenvalue weighted by atomic mass is 10.0. The second-order valence-corrected chi connectivity index (χ2v) is 7.73. The van der Waals surface area contributed by atoms with Gasteiger partial charge in [-0.3, -0.25) is 4.98 Å². The Labute approximate surface area is 167 Å². The van der Waals surface area contributed by atoms with Crippen molar-refractivity contribution in [3.8, 4) is 0 Å². The van der Waals surface area contributed by atoms with Crippen molar-refractivity contribution in [1.82, 2.24) is 15.2 Å². The molecule has 0 unspecified atom stereocenters. The van der Waals surface area contributed by atoms with E-state index in [0.29, 0.717) is 0 Å². The van der Waals surface area contributed by atoms with Gasteiger partial charge in [-0.2, -0.15) is 0 Å². The van der Waals surface area contributed by atoms with Crippen LogP contribution in [0.15, 0.2) is 48.8 Å². The second kappa shape index (κ2) is 8.50. The van der Waals surface area contributed by atoms with Crippen molar-refractivity contribution in [2.75, 3.05) is 49.1 Å². The Morgan fingerprint density at radius 2 is 1.61 bits per heavy atom. The monoisotopic (exact) mass is 379 g/mol. The third-order valence-electron chi connectivity index (χ3n) is 5.78. The van der Waals surface area contributed by atoms with Crippen molar-refractivity contribution in [2.24, 2.45) is 0 Å². The highest BCUT2D eigenvalue weighted by molar-refractivity contribution is 5.75. The number of carbonyl (C=O) groups is 1. The first-order valence-electron chi connectivity index (χ1n) is 10.2. The average molecular weight is 380 g/mol. The highest BCUT2D eigenvalue weighted by Crippen LogP contribution is 2.21. The predicted octanol–water partition coefficient (Wildman–Crippen LogP) is 2.89. The van der Waals surface area contributed by atoms with Crippen LogP contribution in [0.3, 0.4) is 0 Å². The summed E-state index contributed by atoms with van der Waals surface area (Å²) >= 11 is 0. The molecule has 0 saturated carbocycles. The van der Waals surface area contributed by atoms with Gasteiger partial charge in [0.05, 0.1) is 0 Å². The normalized spacial score (nSPS) is 18.2. The molecule has 1 N–H and O–H groups in total. The maximum atomic E-state index is 12.7.